The Bertz CT molecular complexity index is 200. The lowest BCUT2D eigenvalue weighted by molar-refractivity contribution is -0.0777. The highest BCUT2D eigenvalue weighted by Crippen LogP contribution is 2.23. The van der Waals surface area contributed by atoms with E-state index >= 15 is 0 Å². The van der Waals surface area contributed by atoms with Crippen molar-refractivity contribution in [3.8, 4) is 0 Å². The van der Waals surface area contributed by atoms with E-state index in [0.717, 1.165) is 19.4 Å². The Morgan fingerprint density at radius 1 is 1.50 bits per heavy atom. The zero-order chi connectivity index (χ0) is 10.6. The Hall–Kier alpha value is -0.770. The smallest absolute Gasteiger partial charge is 0.317 e. The molecule has 0 bridgehead atoms. The van der Waals surface area contributed by atoms with Gasteiger partial charge in [0, 0.05) is 6.54 Å². The first-order valence-corrected chi connectivity index (χ1v) is 5.36. The molecule has 4 heteroatoms. The van der Waals surface area contributed by atoms with Gasteiger partial charge in [0.2, 0.25) is 0 Å². The van der Waals surface area contributed by atoms with Gasteiger partial charge in [-0.3, -0.25) is 0 Å². The highest BCUT2D eigenvalue weighted by molar-refractivity contribution is 5.75. The average Bonchev–Trinajstić information content (AvgIpc) is 2.13. The Morgan fingerprint density at radius 3 is 2.64 bits per heavy atom. The van der Waals surface area contributed by atoms with Gasteiger partial charge in [0.05, 0.1) is 18.7 Å². The summed E-state index contributed by atoms with van der Waals surface area (Å²) in [7, 11) is 0. The molecule has 1 fully saturated rings. The summed E-state index contributed by atoms with van der Waals surface area (Å²) in [5.74, 6) is 0. The molecule has 0 aromatic heterocycles. The first-order chi connectivity index (χ1) is 6.61. The van der Waals surface area contributed by atoms with Gasteiger partial charge in [0.15, 0.2) is 0 Å². The number of carbonyl (C=O) groups excluding carboxylic acids is 1. The molecule has 0 aromatic rings. The first-order valence-electron chi connectivity index (χ1n) is 5.36. The molecule has 2 N–H and O–H groups in total. The molecule has 0 atom stereocenters. The van der Waals surface area contributed by atoms with Crippen LogP contribution in [-0.4, -0.2) is 41.3 Å². The second-order valence-corrected chi connectivity index (χ2v) is 4.02. The SMILES string of the molecule is CCCCNC(=O)N1CC(O)(CC)C1. The van der Waals surface area contributed by atoms with E-state index in [1.807, 2.05) is 6.92 Å². The molecule has 4 nitrogen and oxygen atoms in total. The Labute approximate surface area is 85.3 Å². The third-order valence-corrected chi connectivity index (χ3v) is 2.72. The molecule has 1 heterocycles. The fraction of sp³-hybridized carbons (Fsp3) is 0.900. The van der Waals surface area contributed by atoms with Gasteiger partial charge in [-0.25, -0.2) is 4.79 Å². The van der Waals surface area contributed by atoms with Crippen molar-refractivity contribution < 1.29 is 9.90 Å². The van der Waals surface area contributed by atoms with Crippen molar-refractivity contribution in [3.05, 3.63) is 0 Å². The van der Waals surface area contributed by atoms with Crippen LogP contribution in [0.25, 0.3) is 0 Å². The fourth-order valence-corrected chi connectivity index (χ4v) is 1.52. The van der Waals surface area contributed by atoms with Crippen LogP contribution in [0.15, 0.2) is 0 Å². The number of nitrogens with zero attached hydrogens (tertiary/aromatic N) is 1. The Morgan fingerprint density at radius 2 is 2.14 bits per heavy atom. The van der Waals surface area contributed by atoms with Crippen LogP contribution in [0.3, 0.4) is 0 Å². The molecular formula is C10H20N2O2. The molecule has 0 radical (unpaired) electrons. The fourth-order valence-electron chi connectivity index (χ4n) is 1.52. The van der Waals surface area contributed by atoms with Gasteiger partial charge in [-0.2, -0.15) is 0 Å². The lowest BCUT2D eigenvalue weighted by Gasteiger charge is -2.45. The number of unbranched alkanes of at least 4 members (excludes halogenated alkanes) is 1. The zero-order valence-corrected chi connectivity index (χ0v) is 9.05. The van der Waals surface area contributed by atoms with Crippen LogP contribution in [0.4, 0.5) is 4.79 Å². The van der Waals surface area contributed by atoms with E-state index in [0.29, 0.717) is 19.5 Å². The van der Waals surface area contributed by atoms with Gasteiger partial charge in [-0.05, 0) is 12.8 Å². The lowest BCUT2D eigenvalue weighted by Crippen LogP contribution is -2.65. The summed E-state index contributed by atoms with van der Waals surface area (Å²) in [5, 5.41) is 12.5. The molecule has 0 aliphatic carbocycles. The standard InChI is InChI=1S/C10H20N2O2/c1-3-5-6-11-9(13)12-7-10(14,4-2)8-12/h14H,3-8H2,1-2H3,(H,11,13). The number of likely N-dealkylation sites (tertiary alicyclic amines) is 1. The molecule has 1 aliphatic rings. The molecule has 1 saturated heterocycles. The minimum Gasteiger partial charge on any atom is -0.386 e. The van der Waals surface area contributed by atoms with Crippen LogP contribution in [0.2, 0.25) is 0 Å². The number of amides is 2. The van der Waals surface area contributed by atoms with Crippen molar-refractivity contribution in [1.29, 1.82) is 0 Å². The van der Waals surface area contributed by atoms with Gasteiger partial charge in [0.25, 0.3) is 0 Å². The summed E-state index contributed by atoms with van der Waals surface area (Å²) in [6.45, 7) is 5.71. The minimum atomic E-state index is -0.623. The number of hydrogen-bond donors (Lipinski definition) is 2. The molecule has 1 rings (SSSR count). The van der Waals surface area contributed by atoms with E-state index < -0.39 is 5.60 Å². The van der Waals surface area contributed by atoms with Crippen LogP contribution < -0.4 is 5.32 Å². The summed E-state index contributed by atoms with van der Waals surface area (Å²) in [5.41, 5.74) is -0.623. The van der Waals surface area contributed by atoms with E-state index in [9.17, 15) is 9.90 Å². The molecule has 14 heavy (non-hydrogen) atoms. The summed E-state index contributed by atoms with van der Waals surface area (Å²) in [6, 6.07) is -0.0448. The number of aliphatic hydroxyl groups is 1. The Kier molecular flexibility index (Phi) is 3.75. The maximum absolute atomic E-state index is 11.4. The van der Waals surface area contributed by atoms with Crippen LogP contribution in [0.1, 0.15) is 33.1 Å². The summed E-state index contributed by atoms with van der Waals surface area (Å²) in [6.07, 6.45) is 2.81. The summed E-state index contributed by atoms with van der Waals surface area (Å²) < 4.78 is 0. The second kappa shape index (κ2) is 4.64. The molecule has 82 valence electrons. The summed E-state index contributed by atoms with van der Waals surface area (Å²) >= 11 is 0. The predicted molar refractivity (Wildman–Crippen MR) is 55.1 cm³/mol. The van der Waals surface area contributed by atoms with E-state index in [2.05, 4.69) is 12.2 Å². The zero-order valence-electron chi connectivity index (χ0n) is 9.05. The molecule has 2 amide bonds. The lowest BCUT2D eigenvalue weighted by atomic mass is 9.92. The van der Waals surface area contributed by atoms with E-state index in [-0.39, 0.29) is 6.03 Å². The van der Waals surface area contributed by atoms with Gasteiger partial charge in [-0.15, -0.1) is 0 Å². The van der Waals surface area contributed by atoms with Crippen molar-refractivity contribution in [3.63, 3.8) is 0 Å². The van der Waals surface area contributed by atoms with Crippen molar-refractivity contribution in [2.24, 2.45) is 0 Å². The third-order valence-electron chi connectivity index (χ3n) is 2.72. The molecule has 0 aromatic carbocycles. The van der Waals surface area contributed by atoms with Crippen LogP contribution in [0, 0.1) is 0 Å². The van der Waals surface area contributed by atoms with Crippen LogP contribution in [-0.2, 0) is 0 Å². The molecule has 0 saturated carbocycles. The monoisotopic (exact) mass is 200 g/mol. The summed E-state index contributed by atoms with van der Waals surface area (Å²) in [4.78, 5) is 13.1. The number of β-amino-alcohol motifs (C(OH)–C–C–N with tert-alkyl or cyclic N) is 1. The quantitative estimate of drug-likeness (QED) is 0.664. The molecule has 0 spiro atoms. The van der Waals surface area contributed by atoms with Gasteiger partial charge < -0.3 is 15.3 Å². The largest absolute Gasteiger partial charge is 0.386 e. The maximum Gasteiger partial charge on any atom is 0.317 e. The first kappa shape index (κ1) is 11.3. The van der Waals surface area contributed by atoms with Crippen LogP contribution in [0.5, 0.6) is 0 Å². The topological polar surface area (TPSA) is 52.6 Å². The molecule has 1 aliphatic heterocycles. The maximum atomic E-state index is 11.4. The second-order valence-electron chi connectivity index (χ2n) is 4.02. The van der Waals surface area contributed by atoms with Gasteiger partial charge in [-0.1, -0.05) is 20.3 Å². The predicted octanol–water partition coefficient (Wildman–Crippen LogP) is 0.953. The number of rotatable bonds is 4. The van der Waals surface area contributed by atoms with Gasteiger partial charge >= 0.3 is 6.03 Å². The van der Waals surface area contributed by atoms with E-state index in [4.69, 9.17) is 0 Å². The molecule has 0 unspecified atom stereocenters. The van der Waals surface area contributed by atoms with Crippen molar-refractivity contribution in [2.45, 2.75) is 38.7 Å². The van der Waals surface area contributed by atoms with Crippen molar-refractivity contribution >= 4 is 6.03 Å². The number of urea groups is 1. The van der Waals surface area contributed by atoms with Gasteiger partial charge in [0.1, 0.15) is 0 Å². The highest BCUT2D eigenvalue weighted by atomic mass is 16.3. The van der Waals surface area contributed by atoms with E-state index in [1.165, 1.54) is 0 Å². The average molecular weight is 200 g/mol. The van der Waals surface area contributed by atoms with Crippen molar-refractivity contribution in [2.75, 3.05) is 19.6 Å². The normalized spacial score (nSPS) is 18.9. The Balaban J connectivity index is 2.16. The number of hydrogen-bond acceptors (Lipinski definition) is 2. The minimum absolute atomic E-state index is 0.0448. The third kappa shape index (κ3) is 2.61. The van der Waals surface area contributed by atoms with Crippen molar-refractivity contribution in [1.82, 2.24) is 10.2 Å². The molecular weight excluding hydrogens is 180 g/mol. The van der Waals surface area contributed by atoms with E-state index in [1.54, 1.807) is 4.90 Å². The number of nitrogens with one attached hydrogen (secondary N) is 1. The number of carbonyl (C=O) groups is 1. The highest BCUT2D eigenvalue weighted by Gasteiger charge is 2.41. The van der Waals surface area contributed by atoms with Crippen LogP contribution >= 0.6 is 0 Å².